The summed E-state index contributed by atoms with van der Waals surface area (Å²) in [5.74, 6) is 0. The molecule has 1 aromatic rings. The molecule has 1 aliphatic heterocycles. The molecule has 1 fully saturated rings. The van der Waals surface area contributed by atoms with Gasteiger partial charge in [0.1, 0.15) is 0 Å². The van der Waals surface area contributed by atoms with Gasteiger partial charge in [0, 0.05) is 24.8 Å². The summed E-state index contributed by atoms with van der Waals surface area (Å²) in [7, 11) is 0. The molecule has 0 atom stereocenters. The Hall–Kier alpha value is -1.27. The van der Waals surface area contributed by atoms with Crippen molar-refractivity contribution in [1.82, 2.24) is 4.90 Å². The molecule has 0 aliphatic carbocycles. The number of unbranched alkanes of at least 4 members (excludes halogenated alkanes) is 1. The highest BCUT2D eigenvalue weighted by Crippen LogP contribution is 2.31. The number of halogens is 3. The molecule has 6 heteroatoms. The molecular formula is C16H24F3N3. The summed E-state index contributed by atoms with van der Waals surface area (Å²) in [5.41, 5.74) is 5.44. The third kappa shape index (κ3) is 5.18. The number of rotatable bonds is 6. The van der Waals surface area contributed by atoms with Gasteiger partial charge in [-0.2, -0.15) is 13.2 Å². The van der Waals surface area contributed by atoms with E-state index in [9.17, 15) is 13.2 Å². The number of hydrogen-bond acceptors (Lipinski definition) is 3. The largest absolute Gasteiger partial charge is 0.416 e. The highest BCUT2D eigenvalue weighted by molar-refractivity contribution is 5.47. The third-order valence-corrected chi connectivity index (χ3v) is 4.08. The standard InChI is InChI=1S/C16H24F3N3/c17-16(18,19)13-4-3-5-15(12-13)21-14-6-10-22(11-7-14)9-2-1-8-20/h3-5,12,14,21H,1-2,6-11,20H2. The van der Waals surface area contributed by atoms with Crippen LogP contribution in [0.3, 0.4) is 0 Å². The monoisotopic (exact) mass is 315 g/mol. The van der Waals surface area contributed by atoms with Crippen molar-refractivity contribution >= 4 is 5.69 Å². The zero-order valence-electron chi connectivity index (χ0n) is 12.7. The molecule has 3 N–H and O–H groups in total. The maximum atomic E-state index is 12.7. The van der Waals surface area contributed by atoms with E-state index in [1.54, 1.807) is 6.07 Å². The zero-order chi connectivity index (χ0) is 16.0. The van der Waals surface area contributed by atoms with Gasteiger partial charge >= 0.3 is 6.18 Å². The Kier molecular flexibility index (Phi) is 6.08. The van der Waals surface area contributed by atoms with Crippen LogP contribution in [0.4, 0.5) is 18.9 Å². The average molecular weight is 315 g/mol. The lowest BCUT2D eigenvalue weighted by atomic mass is 10.0. The predicted molar refractivity (Wildman–Crippen MR) is 82.8 cm³/mol. The number of nitrogens with two attached hydrogens (primary N) is 1. The minimum atomic E-state index is -4.29. The van der Waals surface area contributed by atoms with Crippen LogP contribution >= 0.6 is 0 Å². The number of nitrogens with one attached hydrogen (secondary N) is 1. The first-order valence-electron chi connectivity index (χ1n) is 7.85. The van der Waals surface area contributed by atoms with Crippen LogP contribution in [0.2, 0.25) is 0 Å². The fourth-order valence-electron chi connectivity index (χ4n) is 2.80. The first-order chi connectivity index (χ1) is 10.5. The van der Waals surface area contributed by atoms with Crippen LogP contribution < -0.4 is 11.1 Å². The molecule has 1 aliphatic rings. The van der Waals surface area contributed by atoms with Crippen LogP contribution in [0.25, 0.3) is 0 Å². The van der Waals surface area contributed by atoms with E-state index in [1.165, 1.54) is 12.1 Å². The molecule has 124 valence electrons. The van der Waals surface area contributed by atoms with Crippen molar-refractivity contribution in [1.29, 1.82) is 0 Å². The number of anilines is 1. The quantitative estimate of drug-likeness (QED) is 0.791. The Morgan fingerprint density at radius 3 is 2.55 bits per heavy atom. The molecule has 0 unspecified atom stereocenters. The summed E-state index contributed by atoms with van der Waals surface area (Å²) in [4.78, 5) is 2.40. The van der Waals surface area contributed by atoms with Gasteiger partial charge in [0.05, 0.1) is 5.56 Å². The second-order valence-electron chi connectivity index (χ2n) is 5.83. The molecule has 0 bridgehead atoms. The van der Waals surface area contributed by atoms with Gasteiger partial charge in [-0.3, -0.25) is 0 Å². The number of piperidine rings is 1. The van der Waals surface area contributed by atoms with Crippen molar-refractivity contribution in [2.45, 2.75) is 37.9 Å². The Morgan fingerprint density at radius 1 is 1.18 bits per heavy atom. The number of nitrogens with zero attached hydrogens (tertiary/aromatic N) is 1. The molecule has 0 spiro atoms. The van der Waals surface area contributed by atoms with Crippen LogP contribution in [0, 0.1) is 0 Å². The molecule has 22 heavy (non-hydrogen) atoms. The topological polar surface area (TPSA) is 41.3 Å². The average Bonchev–Trinajstić information content (AvgIpc) is 2.49. The van der Waals surface area contributed by atoms with Gasteiger partial charge in [-0.05, 0) is 57.0 Å². The molecular weight excluding hydrogens is 291 g/mol. The first-order valence-corrected chi connectivity index (χ1v) is 7.85. The van der Waals surface area contributed by atoms with Crippen molar-refractivity contribution in [3.63, 3.8) is 0 Å². The molecule has 3 nitrogen and oxygen atoms in total. The SMILES string of the molecule is NCCCCN1CCC(Nc2cccc(C(F)(F)F)c2)CC1. The van der Waals surface area contributed by atoms with Gasteiger partial charge in [0.2, 0.25) is 0 Å². The lowest BCUT2D eigenvalue weighted by molar-refractivity contribution is -0.137. The summed E-state index contributed by atoms with van der Waals surface area (Å²) in [6, 6.07) is 5.68. The van der Waals surface area contributed by atoms with Gasteiger partial charge < -0.3 is 16.0 Å². The molecule has 1 heterocycles. The highest BCUT2D eigenvalue weighted by atomic mass is 19.4. The molecule has 0 amide bonds. The van der Waals surface area contributed by atoms with E-state index in [-0.39, 0.29) is 6.04 Å². The molecule has 0 saturated carbocycles. The van der Waals surface area contributed by atoms with E-state index in [1.807, 2.05) is 0 Å². The third-order valence-electron chi connectivity index (χ3n) is 4.08. The maximum Gasteiger partial charge on any atom is 0.416 e. The van der Waals surface area contributed by atoms with Crippen molar-refractivity contribution < 1.29 is 13.2 Å². The van der Waals surface area contributed by atoms with Crippen molar-refractivity contribution in [2.75, 3.05) is 31.5 Å². The molecule has 0 radical (unpaired) electrons. The normalized spacial score (nSPS) is 17.6. The number of hydrogen-bond donors (Lipinski definition) is 2. The highest BCUT2D eigenvalue weighted by Gasteiger charge is 2.30. The zero-order valence-corrected chi connectivity index (χ0v) is 12.7. The molecule has 2 rings (SSSR count). The Balaban J connectivity index is 1.81. The van der Waals surface area contributed by atoms with Crippen LogP contribution in [-0.4, -0.2) is 37.1 Å². The van der Waals surface area contributed by atoms with Gasteiger partial charge in [-0.1, -0.05) is 6.07 Å². The number of likely N-dealkylation sites (tertiary alicyclic amines) is 1. The summed E-state index contributed by atoms with van der Waals surface area (Å²) in [6.45, 7) is 3.77. The van der Waals surface area contributed by atoms with Gasteiger partial charge in [0.15, 0.2) is 0 Å². The Morgan fingerprint density at radius 2 is 1.91 bits per heavy atom. The van der Waals surface area contributed by atoms with E-state index < -0.39 is 11.7 Å². The minimum absolute atomic E-state index is 0.245. The van der Waals surface area contributed by atoms with E-state index >= 15 is 0 Å². The summed E-state index contributed by atoms with van der Waals surface area (Å²) >= 11 is 0. The van der Waals surface area contributed by atoms with E-state index in [0.717, 1.165) is 57.9 Å². The van der Waals surface area contributed by atoms with Crippen molar-refractivity contribution in [3.05, 3.63) is 29.8 Å². The van der Waals surface area contributed by atoms with Crippen LogP contribution in [0.5, 0.6) is 0 Å². The van der Waals surface area contributed by atoms with Crippen LogP contribution in [0.1, 0.15) is 31.2 Å². The van der Waals surface area contributed by atoms with Gasteiger partial charge in [-0.25, -0.2) is 0 Å². The smallest absolute Gasteiger partial charge is 0.382 e. The van der Waals surface area contributed by atoms with Crippen LogP contribution in [-0.2, 0) is 6.18 Å². The second-order valence-corrected chi connectivity index (χ2v) is 5.83. The minimum Gasteiger partial charge on any atom is -0.382 e. The fraction of sp³-hybridized carbons (Fsp3) is 0.625. The molecule has 1 saturated heterocycles. The summed E-state index contributed by atoms with van der Waals surface area (Å²) < 4.78 is 38.1. The lowest BCUT2D eigenvalue weighted by Crippen LogP contribution is -2.39. The predicted octanol–water partition coefficient (Wildman–Crippen LogP) is 3.32. The van der Waals surface area contributed by atoms with Crippen LogP contribution in [0.15, 0.2) is 24.3 Å². The molecule has 0 aromatic heterocycles. The van der Waals surface area contributed by atoms with Crippen molar-refractivity contribution in [2.24, 2.45) is 5.73 Å². The van der Waals surface area contributed by atoms with Crippen molar-refractivity contribution in [3.8, 4) is 0 Å². The number of alkyl halides is 3. The second kappa shape index (κ2) is 7.83. The van der Waals surface area contributed by atoms with E-state index in [2.05, 4.69) is 10.2 Å². The first kappa shape index (κ1) is 17.1. The van der Waals surface area contributed by atoms with Gasteiger partial charge in [-0.15, -0.1) is 0 Å². The lowest BCUT2D eigenvalue weighted by Gasteiger charge is -2.33. The van der Waals surface area contributed by atoms with E-state index in [0.29, 0.717) is 5.69 Å². The summed E-state index contributed by atoms with van der Waals surface area (Å²) in [5, 5.41) is 3.23. The number of benzene rings is 1. The summed E-state index contributed by atoms with van der Waals surface area (Å²) in [6.07, 6.45) is -0.216. The maximum absolute atomic E-state index is 12.7. The molecule has 1 aromatic carbocycles. The Labute approximate surface area is 129 Å². The van der Waals surface area contributed by atoms with Gasteiger partial charge in [0.25, 0.3) is 0 Å². The fourth-order valence-corrected chi connectivity index (χ4v) is 2.80. The van der Waals surface area contributed by atoms with E-state index in [4.69, 9.17) is 5.73 Å². The Bertz CT molecular complexity index is 454.